The van der Waals surface area contributed by atoms with Gasteiger partial charge in [-0.2, -0.15) is 0 Å². The van der Waals surface area contributed by atoms with Gasteiger partial charge >= 0.3 is 11.9 Å². The van der Waals surface area contributed by atoms with Crippen molar-refractivity contribution in [3.8, 4) is 0 Å². The normalized spacial score (nSPS) is 22.1. The van der Waals surface area contributed by atoms with Gasteiger partial charge in [-0.15, -0.1) is 6.58 Å². The zero-order chi connectivity index (χ0) is 13.8. The fourth-order valence-electron chi connectivity index (χ4n) is 1.73. The second-order valence-corrected chi connectivity index (χ2v) is 3.77. The molecule has 0 bridgehead atoms. The maximum absolute atomic E-state index is 11.8. The Kier molecular flexibility index (Phi) is 4.20. The second kappa shape index (κ2) is 5.44. The number of hydrogen-bond donors (Lipinski definition) is 0. The van der Waals surface area contributed by atoms with Gasteiger partial charge in [0.25, 0.3) is 0 Å². The van der Waals surface area contributed by atoms with Crippen LogP contribution in [0.4, 0.5) is 0 Å². The molecule has 5 nitrogen and oxygen atoms in total. The quantitative estimate of drug-likeness (QED) is 0.422. The Morgan fingerprint density at radius 2 is 2.06 bits per heavy atom. The number of rotatable bonds is 4. The molecule has 0 aromatic heterocycles. The minimum absolute atomic E-state index is 0.174. The molecule has 0 aromatic carbocycles. The molecule has 0 spiro atoms. The molecule has 18 heavy (non-hydrogen) atoms. The molecule has 0 heterocycles. The summed E-state index contributed by atoms with van der Waals surface area (Å²) in [5.74, 6) is -1.83. The predicted octanol–water partition coefficient (Wildman–Crippen LogP) is 0.960. The SMILES string of the molecule is C=CCC1(C(=O)OC)C=CC(=O)C(C(=O)OC)=C1. The van der Waals surface area contributed by atoms with Gasteiger partial charge in [0.2, 0.25) is 0 Å². The molecule has 1 rings (SSSR count). The first-order valence-corrected chi connectivity index (χ1v) is 5.25. The Balaban J connectivity index is 3.28. The van der Waals surface area contributed by atoms with Crippen LogP contribution in [0.15, 0.2) is 36.5 Å². The monoisotopic (exact) mass is 250 g/mol. The summed E-state index contributed by atoms with van der Waals surface area (Å²) in [5.41, 5.74) is -1.35. The molecule has 0 radical (unpaired) electrons. The lowest BCUT2D eigenvalue weighted by Gasteiger charge is -2.26. The summed E-state index contributed by atoms with van der Waals surface area (Å²) < 4.78 is 9.20. The van der Waals surface area contributed by atoms with E-state index in [1.807, 2.05) is 0 Å². The molecule has 0 fully saturated rings. The summed E-state index contributed by atoms with van der Waals surface area (Å²) in [6.07, 6.45) is 5.60. The highest BCUT2D eigenvalue weighted by atomic mass is 16.5. The Hall–Kier alpha value is -2.17. The van der Waals surface area contributed by atoms with E-state index in [-0.39, 0.29) is 12.0 Å². The van der Waals surface area contributed by atoms with E-state index in [4.69, 9.17) is 4.74 Å². The van der Waals surface area contributed by atoms with Gasteiger partial charge < -0.3 is 9.47 Å². The van der Waals surface area contributed by atoms with Crippen LogP contribution in [0, 0.1) is 5.41 Å². The fraction of sp³-hybridized carbons (Fsp3) is 0.308. The van der Waals surface area contributed by atoms with Crippen molar-refractivity contribution in [3.63, 3.8) is 0 Å². The summed E-state index contributed by atoms with van der Waals surface area (Å²) in [6, 6.07) is 0. The Labute approximate surface area is 105 Å². The van der Waals surface area contributed by atoms with Crippen LogP contribution < -0.4 is 0 Å². The summed E-state index contributed by atoms with van der Waals surface area (Å²) in [7, 11) is 2.41. The van der Waals surface area contributed by atoms with Crippen molar-refractivity contribution in [2.24, 2.45) is 5.41 Å². The van der Waals surface area contributed by atoms with Crippen LogP contribution >= 0.6 is 0 Å². The molecule has 1 atom stereocenters. The molecule has 5 heteroatoms. The minimum Gasteiger partial charge on any atom is -0.468 e. The zero-order valence-corrected chi connectivity index (χ0v) is 10.3. The molecule has 0 saturated carbocycles. The third-order valence-corrected chi connectivity index (χ3v) is 2.65. The van der Waals surface area contributed by atoms with Crippen molar-refractivity contribution in [2.75, 3.05) is 14.2 Å². The van der Waals surface area contributed by atoms with Crippen LogP contribution in [0.5, 0.6) is 0 Å². The summed E-state index contributed by atoms with van der Waals surface area (Å²) in [5, 5.41) is 0. The maximum Gasteiger partial charge on any atom is 0.341 e. The van der Waals surface area contributed by atoms with Crippen LogP contribution in [0.25, 0.3) is 0 Å². The van der Waals surface area contributed by atoms with Gasteiger partial charge in [-0.05, 0) is 18.6 Å². The zero-order valence-electron chi connectivity index (χ0n) is 10.3. The van der Waals surface area contributed by atoms with Gasteiger partial charge in [0.15, 0.2) is 5.78 Å². The molecule has 0 amide bonds. The van der Waals surface area contributed by atoms with E-state index in [1.165, 1.54) is 38.5 Å². The van der Waals surface area contributed by atoms with E-state index in [0.717, 1.165) is 0 Å². The number of carbonyl (C=O) groups is 3. The molecular weight excluding hydrogens is 236 g/mol. The van der Waals surface area contributed by atoms with Gasteiger partial charge in [-0.25, -0.2) is 4.79 Å². The second-order valence-electron chi connectivity index (χ2n) is 3.77. The highest BCUT2D eigenvalue weighted by molar-refractivity contribution is 6.23. The number of ether oxygens (including phenoxy) is 2. The van der Waals surface area contributed by atoms with Gasteiger partial charge in [0.1, 0.15) is 11.0 Å². The molecule has 1 unspecified atom stereocenters. The predicted molar refractivity (Wildman–Crippen MR) is 63.5 cm³/mol. The molecule has 0 aromatic rings. The smallest absolute Gasteiger partial charge is 0.341 e. The Morgan fingerprint density at radius 3 is 2.56 bits per heavy atom. The molecular formula is C13H14O5. The molecule has 1 aliphatic carbocycles. The summed E-state index contributed by atoms with van der Waals surface area (Å²) >= 11 is 0. The number of ketones is 1. The average molecular weight is 250 g/mol. The van der Waals surface area contributed by atoms with Crippen molar-refractivity contribution < 1.29 is 23.9 Å². The van der Waals surface area contributed by atoms with E-state index in [2.05, 4.69) is 11.3 Å². The summed E-state index contributed by atoms with van der Waals surface area (Å²) in [4.78, 5) is 34.8. The van der Waals surface area contributed by atoms with Crippen LogP contribution in [0.2, 0.25) is 0 Å². The molecule has 0 aliphatic heterocycles. The van der Waals surface area contributed by atoms with Crippen LogP contribution in [-0.4, -0.2) is 31.9 Å². The first-order valence-electron chi connectivity index (χ1n) is 5.25. The number of hydrogen-bond acceptors (Lipinski definition) is 5. The number of carbonyl (C=O) groups excluding carboxylic acids is 3. The van der Waals surface area contributed by atoms with E-state index in [0.29, 0.717) is 0 Å². The van der Waals surface area contributed by atoms with Crippen molar-refractivity contribution in [1.82, 2.24) is 0 Å². The minimum atomic E-state index is -1.17. The standard InChI is InChI=1S/C13H14O5/c1-4-6-13(12(16)18-3)7-5-10(14)9(8-13)11(15)17-2/h4-5,7-8H,1,6H2,2-3H3. The number of allylic oxidation sites excluding steroid dienone is 2. The first kappa shape index (κ1) is 13.9. The molecule has 0 N–H and O–H groups in total. The van der Waals surface area contributed by atoms with Gasteiger partial charge in [0, 0.05) is 0 Å². The van der Waals surface area contributed by atoms with Crippen molar-refractivity contribution in [1.29, 1.82) is 0 Å². The van der Waals surface area contributed by atoms with Crippen molar-refractivity contribution in [2.45, 2.75) is 6.42 Å². The van der Waals surface area contributed by atoms with E-state index in [9.17, 15) is 14.4 Å². The van der Waals surface area contributed by atoms with E-state index in [1.54, 1.807) is 0 Å². The third kappa shape index (κ3) is 2.40. The lowest BCUT2D eigenvalue weighted by Crippen LogP contribution is -2.32. The third-order valence-electron chi connectivity index (χ3n) is 2.65. The van der Waals surface area contributed by atoms with Crippen molar-refractivity contribution >= 4 is 17.7 Å². The highest BCUT2D eigenvalue weighted by Gasteiger charge is 2.39. The molecule has 1 aliphatic rings. The lowest BCUT2D eigenvalue weighted by molar-refractivity contribution is -0.147. The van der Waals surface area contributed by atoms with Gasteiger partial charge in [-0.3, -0.25) is 9.59 Å². The van der Waals surface area contributed by atoms with Crippen LogP contribution in [-0.2, 0) is 23.9 Å². The topological polar surface area (TPSA) is 69.7 Å². The molecule has 0 saturated heterocycles. The van der Waals surface area contributed by atoms with Crippen LogP contribution in [0.1, 0.15) is 6.42 Å². The van der Waals surface area contributed by atoms with Gasteiger partial charge in [-0.1, -0.05) is 12.2 Å². The largest absolute Gasteiger partial charge is 0.468 e. The maximum atomic E-state index is 11.8. The lowest BCUT2D eigenvalue weighted by atomic mass is 9.78. The fourth-order valence-corrected chi connectivity index (χ4v) is 1.73. The first-order chi connectivity index (χ1) is 8.50. The number of esters is 2. The molecule has 96 valence electrons. The highest BCUT2D eigenvalue weighted by Crippen LogP contribution is 2.33. The Morgan fingerprint density at radius 1 is 1.39 bits per heavy atom. The number of methoxy groups -OCH3 is 2. The van der Waals surface area contributed by atoms with Gasteiger partial charge in [0.05, 0.1) is 14.2 Å². The van der Waals surface area contributed by atoms with Crippen molar-refractivity contribution in [3.05, 3.63) is 36.5 Å². The summed E-state index contributed by atoms with van der Waals surface area (Å²) in [6.45, 7) is 3.55. The van der Waals surface area contributed by atoms with Crippen LogP contribution in [0.3, 0.4) is 0 Å². The van der Waals surface area contributed by atoms with E-state index >= 15 is 0 Å². The van der Waals surface area contributed by atoms with E-state index < -0.39 is 23.1 Å². The Bertz CT molecular complexity index is 458. The average Bonchev–Trinajstić information content (AvgIpc) is 2.39.